The number of hydrogen-bond acceptors (Lipinski definition) is 3. The maximum atomic E-state index is 11.1. The van der Waals surface area contributed by atoms with Crippen molar-refractivity contribution < 1.29 is 9.90 Å². The van der Waals surface area contributed by atoms with Gasteiger partial charge in [-0.1, -0.05) is 12.5 Å². The van der Waals surface area contributed by atoms with Crippen molar-refractivity contribution >= 4 is 17.3 Å². The maximum absolute atomic E-state index is 11.1. The fourth-order valence-electron chi connectivity index (χ4n) is 4.14. The smallest absolute Gasteiger partial charge is 0.337 e. The van der Waals surface area contributed by atoms with Gasteiger partial charge in [0.05, 0.1) is 16.9 Å². The lowest BCUT2D eigenvalue weighted by atomic mass is 9.84. The summed E-state index contributed by atoms with van der Waals surface area (Å²) in [5, 5.41) is 12.6. The summed E-state index contributed by atoms with van der Waals surface area (Å²) in [6, 6.07) is 5.50. The number of aromatic carboxylic acids is 1. The lowest BCUT2D eigenvalue weighted by Gasteiger charge is -2.29. The Morgan fingerprint density at radius 2 is 2.20 bits per heavy atom. The van der Waals surface area contributed by atoms with E-state index in [9.17, 15) is 4.79 Å². The Hall–Kier alpha value is -1.71. The summed E-state index contributed by atoms with van der Waals surface area (Å²) in [7, 11) is 0. The minimum atomic E-state index is -0.973. The first-order valence-electron chi connectivity index (χ1n) is 7.44. The number of para-hydroxylation sites is 1. The maximum Gasteiger partial charge on any atom is 0.337 e. The fraction of sp³-hybridized carbons (Fsp3) is 0.562. The summed E-state index contributed by atoms with van der Waals surface area (Å²) in [6.45, 7) is 2.19. The standard InChI is InChI=1S/C16H22N2O2/c1-9(13-8-10-5-6-11(13)7-10)18-14-4-2-3-12(15(14)17)16(19)20/h2-4,9-11,13,18H,5-8,17H2,1H3,(H,19,20). The van der Waals surface area contributed by atoms with Crippen LogP contribution in [-0.4, -0.2) is 17.1 Å². The third kappa shape index (κ3) is 2.23. The molecule has 0 aromatic heterocycles. The van der Waals surface area contributed by atoms with Crippen LogP contribution >= 0.6 is 0 Å². The minimum absolute atomic E-state index is 0.176. The van der Waals surface area contributed by atoms with Gasteiger partial charge in [0.1, 0.15) is 0 Å². The second-order valence-electron chi connectivity index (χ2n) is 6.34. The van der Waals surface area contributed by atoms with Gasteiger partial charge in [0.15, 0.2) is 0 Å². The van der Waals surface area contributed by atoms with E-state index in [1.54, 1.807) is 12.1 Å². The number of carboxylic acids is 1. The third-order valence-corrected chi connectivity index (χ3v) is 5.15. The first-order valence-corrected chi connectivity index (χ1v) is 7.44. The van der Waals surface area contributed by atoms with Crippen LogP contribution < -0.4 is 11.1 Å². The molecule has 4 nitrogen and oxygen atoms in total. The van der Waals surface area contributed by atoms with Crippen molar-refractivity contribution in [2.75, 3.05) is 11.1 Å². The SMILES string of the molecule is CC(Nc1cccc(C(=O)O)c1N)C1CC2CCC1C2. The number of carboxylic acid groups (broad SMARTS) is 1. The fourth-order valence-corrected chi connectivity index (χ4v) is 4.14. The number of carbonyl (C=O) groups is 1. The molecule has 1 aromatic rings. The van der Waals surface area contributed by atoms with Gasteiger partial charge in [-0.2, -0.15) is 0 Å². The van der Waals surface area contributed by atoms with Crippen molar-refractivity contribution in [2.45, 2.75) is 38.6 Å². The zero-order valence-electron chi connectivity index (χ0n) is 11.8. The average Bonchev–Trinajstić information content (AvgIpc) is 3.03. The van der Waals surface area contributed by atoms with Crippen LogP contribution in [0.4, 0.5) is 11.4 Å². The number of anilines is 2. The zero-order valence-corrected chi connectivity index (χ0v) is 11.8. The molecule has 0 aliphatic heterocycles. The van der Waals surface area contributed by atoms with Gasteiger partial charge < -0.3 is 16.2 Å². The van der Waals surface area contributed by atoms with Crippen LogP contribution in [0.3, 0.4) is 0 Å². The Morgan fingerprint density at radius 3 is 2.80 bits per heavy atom. The number of benzene rings is 1. The molecule has 4 unspecified atom stereocenters. The number of nitrogens with two attached hydrogens (primary N) is 1. The summed E-state index contributed by atoms with van der Waals surface area (Å²) >= 11 is 0. The van der Waals surface area contributed by atoms with Crippen LogP contribution in [0.2, 0.25) is 0 Å². The van der Waals surface area contributed by atoms with Crippen molar-refractivity contribution in [3.63, 3.8) is 0 Å². The molecular formula is C16H22N2O2. The molecule has 20 heavy (non-hydrogen) atoms. The van der Waals surface area contributed by atoms with Crippen LogP contribution in [0, 0.1) is 17.8 Å². The van der Waals surface area contributed by atoms with Gasteiger partial charge in [-0.05, 0) is 56.1 Å². The van der Waals surface area contributed by atoms with Crippen molar-refractivity contribution in [1.29, 1.82) is 0 Å². The predicted molar refractivity (Wildman–Crippen MR) is 79.8 cm³/mol. The molecule has 4 heteroatoms. The van der Waals surface area contributed by atoms with E-state index in [1.165, 1.54) is 25.7 Å². The Bertz CT molecular complexity index is 529. The highest BCUT2D eigenvalue weighted by atomic mass is 16.4. The molecule has 2 fully saturated rings. The first kappa shape index (κ1) is 13.3. The predicted octanol–water partition coefficient (Wildman–Crippen LogP) is 3.20. The largest absolute Gasteiger partial charge is 0.478 e. The molecule has 3 rings (SSSR count). The summed E-state index contributed by atoms with van der Waals surface area (Å²) < 4.78 is 0. The van der Waals surface area contributed by atoms with Gasteiger partial charge in [0.25, 0.3) is 0 Å². The second-order valence-corrected chi connectivity index (χ2v) is 6.34. The number of fused-ring (bicyclic) bond motifs is 2. The Morgan fingerprint density at radius 1 is 1.40 bits per heavy atom. The molecule has 2 bridgehead atoms. The number of hydrogen-bond donors (Lipinski definition) is 3. The summed E-state index contributed by atoms with van der Waals surface area (Å²) in [6.07, 6.45) is 5.43. The van der Waals surface area contributed by atoms with Crippen LogP contribution in [0.15, 0.2) is 18.2 Å². The monoisotopic (exact) mass is 274 g/mol. The van der Waals surface area contributed by atoms with Gasteiger partial charge in [-0.15, -0.1) is 0 Å². The van der Waals surface area contributed by atoms with Gasteiger partial charge >= 0.3 is 5.97 Å². The molecule has 1 aromatic carbocycles. The van der Waals surface area contributed by atoms with Crippen LogP contribution in [-0.2, 0) is 0 Å². The summed E-state index contributed by atoms with van der Waals surface area (Å²) in [5.41, 5.74) is 7.23. The van der Waals surface area contributed by atoms with Gasteiger partial charge in [-0.3, -0.25) is 0 Å². The van der Waals surface area contributed by atoms with E-state index >= 15 is 0 Å². The summed E-state index contributed by atoms with van der Waals surface area (Å²) in [4.78, 5) is 11.1. The lowest BCUT2D eigenvalue weighted by molar-refractivity contribution is 0.0698. The van der Waals surface area contributed by atoms with Crippen LogP contribution in [0.1, 0.15) is 43.0 Å². The molecule has 2 saturated carbocycles. The summed E-state index contributed by atoms with van der Waals surface area (Å²) in [5.74, 6) is 1.48. The average molecular weight is 274 g/mol. The van der Waals surface area contributed by atoms with E-state index in [4.69, 9.17) is 10.8 Å². The third-order valence-electron chi connectivity index (χ3n) is 5.15. The topological polar surface area (TPSA) is 75.3 Å². The number of nitrogens with one attached hydrogen (secondary N) is 1. The normalized spacial score (nSPS) is 29.4. The molecule has 0 radical (unpaired) electrons. The molecule has 0 saturated heterocycles. The molecule has 0 spiro atoms. The molecule has 108 valence electrons. The van der Waals surface area contributed by atoms with E-state index < -0.39 is 5.97 Å². The first-order chi connectivity index (χ1) is 9.56. The molecule has 4 atom stereocenters. The van der Waals surface area contributed by atoms with Gasteiger partial charge in [0.2, 0.25) is 0 Å². The van der Waals surface area contributed by atoms with E-state index in [2.05, 4.69) is 12.2 Å². The highest BCUT2D eigenvalue weighted by Crippen LogP contribution is 2.50. The van der Waals surface area contributed by atoms with E-state index in [1.807, 2.05) is 6.07 Å². The molecular weight excluding hydrogens is 252 g/mol. The zero-order chi connectivity index (χ0) is 14.3. The molecule has 0 amide bonds. The Kier molecular flexibility index (Phi) is 3.32. The van der Waals surface area contributed by atoms with Crippen molar-refractivity contribution in [3.05, 3.63) is 23.8 Å². The van der Waals surface area contributed by atoms with Crippen LogP contribution in [0.25, 0.3) is 0 Å². The molecule has 4 N–H and O–H groups in total. The molecule has 2 aliphatic rings. The molecule has 0 heterocycles. The highest BCUT2D eigenvalue weighted by molar-refractivity contribution is 5.97. The van der Waals surface area contributed by atoms with Crippen molar-refractivity contribution in [1.82, 2.24) is 0 Å². The van der Waals surface area contributed by atoms with E-state index in [0.29, 0.717) is 17.6 Å². The van der Waals surface area contributed by atoms with E-state index in [0.717, 1.165) is 17.5 Å². The van der Waals surface area contributed by atoms with Crippen LogP contribution in [0.5, 0.6) is 0 Å². The Balaban J connectivity index is 1.74. The van der Waals surface area contributed by atoms with Gasteiger partial charge in [-0.25, -0.2) is 4.79 Å². The number of nitrogen functional groups attached to an aromatic ring is 1. The van der Waals surface area contributed by atoms with E-state index in [-0.39, 0.29) is 5.56 Å². The van der Waals surface area contributed by atoms with Crippen molar-refractivity contribution in [3.8, 4) is 0 Å². The highest BCUT2D eigenvalue weighted by Gasteiger charge is 2.41. The van der Waals surface area contributed by atoms with Crippen molar-refractivity contribution in [2.24, 2.45) is 17.8 Å². The minimum Gasteiger partial charge on any atom is -0.478 e. The molecule has 2 aliphatic carbocycles. The Labute approximate surface area is 119 Å². The second kappa shape index (κ2) is 5.00. The van der Waals surface area contributed by atoms with Gasteiger partial charge in [0, 0.05) is 6.04 Å². The number of rotatable bonds is 4. The quantitative estimate of drug-likeness (QED) is 0.737. The lowest BCUT2D eigenvalue weighted by Crippen LogP contribution is -2.30.